The minimum Gasteiger partial charge on any atom is -0.480 e. The lowest BCUT2D eigenvalue weighted by Gasteiger charge is -2.23. The number of halogens is 3. The lowest BCUT2D eigenvalue weighted by Crippen LogP contribution is -2.48. The summed E-state index contributed by atoms with van der Waals surface area (Å²) in [6.45, 7) is 6.50. The summed E-state index contributed by atoms with van der Waals surface area (Å²) in [7, 11) is 0. The highest BCUT2D eigenvalue weighted by atomic mass is 19.4. The minimum atomic E-state index is -5.08. The monoisotopic (exact) mass is 465 g/mol. The van der Waals surface area contributed by atoms with Crippen molar-refractivity contribution in [3.63, 3.8) is 0 Å². The third kappa shape index (κ3) is 16.5. The summed E-state index contributed by atoms with van der Waals surface area (Å²) < 4.78 is 36.7. The number of aliphatic carboxylic acids is 2. The summed E-state index contributed by atoms with van der Waals surface area (Å²) >= 11 is 0. The standard InChI is InChI=1S/C9H17NO4.C4H8N2O4.C2HF3O2/c1-5(6(11)7(10)12)8(13)14-9(2,3)4;5-1(4(9)10)2(7)3(6)8;3-2(4,5)1(6)7/h5-6,11H,1-4H3,(H2,10,12);1-2,7H,5H2,(H2,6,8)(H,9,10);(H,6,7)/t5-,6?;1-,2?;/m00./s1. The predicted molar refractivity (Wildman–Crippen MR) is 94.7 cm³/mol. The number of primary amides is 2. The van der Waals surface area contributed by atoms with Crippen molar-refractivity contribution in [2.75, 3.05) is 0 Å². The number of alkyl halides is 3. The van der Waals surface area contributed by atoms with E-state index in [2.05, 4.69) is 5.73 Å². The van der Waals surface area contributed by atoms with Gasteiger partial charge in [-0.05, 0) is 27.7 Å². The second kappa shape index (κ2) is 13.3. The molecule has 0 fully saturated rings. The molecule has 16 heteroatoms. The zero-order valence-corrected chi connectivity index (χ0v) is 16.9. The first-order valence-corrected chi connectivity index (χ1v) is 8.02. The third-order valence-corrected chi connectivity index (χ3v) is 2.70. The average molecular weight is 465 g/mol. The number of hydrogen-bond donors (Lipinski definition) is 7. The van der Waals surface area contributed by atoms with E-state index in [0.29, 0.717) is 0 Å². The molecule has 0 aliphatic carbocycles. The zero-order valence-electron chi connectivity index (χ0n) is 16.9. The molecule has 2 unspecified atom stereocenters. The molecule has 0 aromatic heterocycles. The number of carboxylic acids is 2. The van der Waals surface area contributed by atoms with Gasteiger partial charge in [-0.3, -0.25) is 19.2 Å². The summed E-state index contributed by atoms with van der Waals surface area (Å²) in [5.74, 6) is -7.87. The average Bonchev–Trinajstić information content (AvgIpc) is 2.57. The highest BCUT2D eigenvalue weighted by Gasteiger charge is 2.38. The molecule has 10 N–H and O–H groups in total. The Bertz CT molecular complexity index is 631. The first-order chi connectivity index (χ1) is 13.6. The van der Waals surface area contributed by atoms with Gasteiger partial charge in [0.25, 0.3) is 0 Å². The Morgan fingerprint density at radius 2 is 1.19 bits per heavy atom. The normalized spacial score (nSPS) is 14.8. The van der Waals surface area contributed by atoms with Crippen LogP contribution in [0.1, 0.15) is 27.7 Å². The number of hydrogen-bond acceptors (Lipinski definition) is 9. The largest absolute Gasteiger partial charge is 0.490 e. The molecular formula is C15H26F3N3O10. The van der Waals surface area contributed by atoms with Crippen molar-refractivity contribution in [1.82, 2.24) is 0 Å². The van der Waals surface area contributed by atoms with Crippen LogP contribution in [0, 0.1) is 5.92 Å². The molecule has 0 radical (unpaired) electrons. The fourth-order valence-electron chi connectivity index (χ4n) is 1.08. The molecule has 13 nitrogen and oxygen atoms in total. The molecule has 0 rings (SSSR count). The summed E-state index contributed by atoms with van der Waals surface area (Å²) in [5, 5.41) is 33.0. The van der Waals surface area contributed by atoms with Crippen LogP contribution >= 0.6 is 0 Å². The van der Waals surface area contributed by atoms with Gasteiger partial charge in [0, 0.05) is 0 Å². The van der Waals surface area contributed by atoms with Crippen LogP contribution in [0.4, 0.5) is 13.2 Å². The van der Waals surface area contributed by atoms with E-state index in [0.717, 1.165) is 0 Å². The summed E-state index contributed by atoms with van der Waals surface area (Å²) in [4.78, 5) is 50.8. The van der Waals surface area contributed by atoms with Crippen molar-refractivity contribution < 1.29 is 62.3 Å². The molecule has 0 aromatic carbocycles. The maximum atomic E-state index is 11.3. The van der Waals surface area contributed by atoms with Gasteiger partial charge in [-0.25, -0.2) is 4.79 Å². The highest BCUT2D eigenvalue weighted by molar-refractivity contribution is 5.87. The molecular weight excluding hydrogens is 439 g/mol. The quantitative estimate of drug-likeness (QED) is 0.205. The van der Waals surface area contributed by atoms with Crippen molar-refractivity contribution in [3.8, 4) is 0 Å². The number of amides is 2. The molecule has 182 valence electrons. The predicted octanol–water partition coefficient (Wildman–Crippen LogP) is -2.31. The van der Waals surface area contributed by atoms with Gasteiger partial charge in [-0.1, -0.05) is 0 Å². The number of carboxylic acid groups (broad SMARTS) is 2. The van der Waals surface area contributed by atoms with Gasteiger partial charge in [-0.2, -0.15) is 13.2 Å². The highest BCUT2D eigenvalue weighted by Crippen LogP contribution is 2.14. The van der Waals surface area contributed by atoms with E-state index in [4.69, 9.17) is 36.3 Å². The molecule has 0 spiro atoms. The molecule has 0 aromatic rings. The van der Waals surface area contributed by atoms with Crippen LogP contribution in [0.3, 0.4) is 0 Å². The number of aliphatic hydroxyl groups is 2. The molecule has 4 atom stereocenters. The summed E-state index contributed by atoms with van der Waals surface area (Å²) in [6, 6.07) is -1.64. The van der Waals surface area contributed by atoms with Crippen LogP contribution in [0.5, 0.6) is 0 Å². The van der Waals surface area contributed by atoms with E-state index >= 15 is 0 Å². The Balaban J connectivity index is -0.000000404. The Kier molecular flexibility index (Phi) is 14.1. The van der Waals surface area contributed by atoms with Gasteiger partial charge in [0.05, 0.1) is 5.92 Å². The van der Waals surface area contributed by atoms with Crippen LogP contribution in [0.15, 0.2) is 0 Å². The Labute approximate surface area is 173 Å². The Morgan fingerprint density at radius 1 is 0.871 bits per heavy atom. The van der Waals surface area contributed by atoms with Crippen molar-refractivity contribution >= 4 is 29.7 Å². The zero-order chi connectivity index (χ0) is 25.9. The topological polar surface area (TPSA) is 254 Å². The lowest BCUT2D eigenvalue weighted by atomic mass is 10.0. The van der Waals surface area contributed by atoms with Gasteiger partial charge >= 0.3 is 24.1 Å². The smallest absolute Gasteiger partial charge is 0.480 e. The van der Waals surface area contributed by atoms with Crippen molar-refractivity contribution in [1.29, 1.82) is 0 Å². The molecule has 2 amide bonds. The maximum absolute atomic E-state index is 11.3. The van der Waals surface area contributed by atoms with Crippen LogP contribution in [0.25, 0.3) is 0 Å². The number of aliphatic hydroxyl groups excluding tert-OH is 2. The number of carbonyl (C=O) groups is 5. The Morgan fingerprint density at radius 3 is 1.35 bits per heavy atom. The van der Waals surface area contributed by atoms with Crippen LogP contribution in [0.2, 0.25) is 0 Å². The van der Waals surface area contributed by atoms with E-state index in [1.807, 2.05) is 0 Å². The van der Waals surface area contributed by atoms with E-state index in [9.17, 15) is 37.5 Å². The summed E-state index contributed by atoms with van der Waals surface area (Å²) in [6.07, 6.45) is -8.40. The summed E-state index contributed by atoms with van der Waals surface area (Å²) in [5.41, 5.74) is 13.6. The molecule has 0 heterocycles. The van der Waals surface area contributed by atoms with Gasteiger partial charge in [0.1, 0.15) is 17.7 Å². The molecule has 31 heavy (non-hydrogen) atoms. The van der Waals surface area contributed by atoms with Crippen molar-refractivity contribution in [2.45, 2.75) is 57.7 Å². The first-order valence-electron chi connectivity index (χ1n) is 8.02. The number of esters is 1. The molecule has 0 bridgehead atoms. The van der Waals surface area contributed by atoms with Crippen LogP contribution < -0.4 is 17.2 Å². The Hall–Kier alpha value is -2.98. The van der Waals surface area contributed by atoms with Gasteiger partial charge < -0.3 is 42.4 Å². The molecule has 0 aliphatic rings. The van der Waals surface area contributed by atoms with Gasteiger partial charge in [-0.15, -0.1) is 0 Å². The second-order valence-corrected chi connectivity index (χ2v) is 6.68. The van der Waals surface area contributed by atoms with Crippen LogP contribution in [-0.4, -0.2) is 80.2 Å². The number of ether oxygens (including phenoxy) is 1. The lowest BCUT2D eigenvalue weighted by molar-refractivity contribution is -0.192. The SMILES string of the molecule is C[C@H](C(=O)OC(C)(C)C)C(O)C(N)=O.NC(=O)C(O)[C@H](N)C(=O)O.O=C(O)C(F)(F)F. The third-order valence-electron chi connectivity index (χ3n) is 2.70. The number of rotatable bonds is 6. The minimum absolute atomic E-state index is 0.635. The molecule has 0 saturated heterocycles. The molecule has 0 aliphatic heterocycles. The number of nitrogens with two attached hydrogens (primary N) is 3. The van der Waals surface area contributed by atoms with E-state index in [-0.39, 0.29) is 0 Å². The number of carbonyl (C=O) groups excluding carboxylic acids is 3. The fourth-order valence-corrected chi connectivity index (χ4v) is 1.08. The molecule has 0 saturated carbocycles. The van der Waals surface area contributed by atoms with Crippen LogP contribution in [-0.2, 0) is 28.7 Å². The van der Waals surface area contributed by atoms with E-state index < -0.39 is 65.7 Å². The second-order valence-electron chi connectivity index (χ2n) is 6.68. The van der Waals surface area contributed by atoms with E-state index in [1.54, 1.807) is 20.8 Å². The first kappa shape index (κ1) is 32.7. The van der Waals surface area contributed by atoms with Gasteiger partial charge in [0.15, 0.2) is 6.10 Å². The fraction of sp³-hybridized carbons (Fsp3) is 0.667. The van der Waals surface area contributed by atoms with E-state index in [1.165, 1.54) is 6.92 Å². The van der Waals surface area contributed by atoms with Gasteiger partial charge in [0.2, 0.25) is 11.8 Å². The van der Waals surface area contributed by atoms with Crippen molar-refractivity contribution in [3.05, 3.63) is 0 Å². The maximum Gasteiger partial charge on any atom is 0.490 e. The van der Waals surface area contributed by atoms with Crippen molar-refractivity contribution in [2.24, 2.45) is 23.1 Å².